The van der Waals surface area contributed by atoms with Crippen molar-refractivity contribution in [2.75, 3.05) is 6.56 Å². The molecule has 0 saturated carbocycles. The van der Waals surface area contributed by atoms with Crippen molar-refractivity contribution in [2.45, 2.75) is 25.6 Å². The molecule has 2 heteroatoms. The first kappa shape index (κ1) is 2.38. The summed E-state index contributed by atoms with van der Waals surface area (Å²) in [7, 11) is 0. The Balaban J connectivity index is 2.77. The molecular weight excluding hydrogens is 104 g/mol. The van der Waals surface area contributed by atoms with E-state index in [0.717, 1.165) is 0 Å². The molecule has 46 valence electrons. The average molecular weight is 118 g/mol. The molecule has 0 spiro atoms. The van der Waals surface area contributed by atoms with E-state index in [1.807, 2.05) is 0 Å². The van der Waals surface area contributed by atoms with Crippen molar-refractivity contribution < 1.29 is 15.0 Å². The van der Waals surface area contributed by atoms with Gasteiger partial charge in [-0.1, -0.05) is 0 Å². The van der Waals surface area contributed by atoms with Crippen LogP contribution in [0.25, 0.3) is 0 Å². The molecule has 0 amide bonds. The van der Waals surface area contributed by atoms with Gasteiger partial charge in [-0.3, -0.25) is 4.79 Å². The Hall–Kier alpha value is -0.530. The summed E-state index contributed by atoms with van der Waals surface area (Å²) in [5.41, 5.74) is 0. The Morgan fingerprint density at radius 2 is 2.38 bits per heavy atom. The van der Waals surface area contributed by atoms with Crippen LogP contribution in [0.5, 0.6) is 0 Å². The molecule has 1 aliphatic rings. The highest BCUT2D eigenvalue weighted by Gasteiger charge is 2.05. The maximum Gasteiger partial charge on any atom is 0.305 e. The molecule has 0 atom stereocenters. The minimum Gasteiger partial charge on any atom is -0.466 e. The zero-order chi connectivity index (χ0) is 9.41. The normalized spacial score (nSPS) is 41.8. The van der Waals surface area contributed by atoms with Crippen molar-refractivity contribution in [3.8, 4) is 0 Å². The van der Waals surface area contributed by atoms with E-state index in [0.29, 0.717) is 6.42 Å². The Morgan fingerprint density at radius 3 is 3.25 bits per heavy atom. The number of carbonyl (C=O) groups is 1. The van der Waals surface area contributed by atoms with Gasteiger partial charge in [-0.25, -0.2) is 0 Å². The standard InChI is InChI=1S/C6H10O2/c7-6-4-2-1-3-5-8-6/h1-5H2/i4D2,5D2. The van der Waals surface area contributed by atoms with Gasteiger partial charge in [0.05, 0.1) is 9.30 Å². The van der Waals surface area contributed by atoms with Crippen LogP contribution < -0.4 is 0 Å². The fourth-order valence-corrected chi connectivity index (χ4v) is 0.504. The third-order valence-electron chi connectivity index (χ3n) is 0.890. The van der Waals surface area contributed by atoms with E-state index in [2.05, 4.69) is 4.74 Å². The zero-order valence-electron chi connectivity index (χ0n) is 8.44. The fraction of sp³-hybridized carbons (Fsp3) is 0.833. The Bertz CT molecular complexity index is 202. The number of esters is 1. The van der Waals surface area contributed by atoms with Crippen LogP contribution in [0.2, 0.25) is 0 Å². The van der Waals surface area contributed by atoms with E-state index in [1.54, 1.807) is 0 Å². The number of hydrogen-bond acceptors (Lipinski definition) is 2. The predicted molar refractivity (Wildman–Crippen MR) is 29.4 cm³/mol. The smallest absolute Gasteiger partial charge is 0.305 e. The van der Waals surface area contributed by atoms with E-state index in [1.165, 1.54) is 0 Å². The lowest BCUT2D eigenvalue weighted by atomic mass is 10.2. The quantitative estimate of drug-likeness (QED) is 0.445. The van der Waals surface area contributed by atoms with Crippen LogP contribution in [0.4, 0.5) is 0 Å². The molecule has 1 heterocycles. The van der Waals surface area contributed by atoms with Crippen LogP contribution in [0.15, 0.2) is 0 Å². The van der Waals surface area contributed by atoms with Gasteiger partial charge >= 0.3 is 5.97 Å². The van der Waals surface area contributed by atoms with Crippen LogP contribution in [-0.2, 0) is 9.53 Å². The van der Waals surface area contributed by atoms with Gasteiger partial charge < -0.3 is 4.74 Å². The molecule has 1 rings (SSSR count). The van der Waals surface area contributed by atoms with Gasteiger partial charge in [0.1, 0.15) is 0 Å². The Kier molecular flexibility index (Phi) is 0.802. The zero-order valence-corrected chi connectivity index (χ0v) is 4.44. The van der Waals surface area contributed by atoms with Crippen LogP contribution in [0, 0.1) is 0 Å². The van der Waals surface area contributed by atoms with E-state index in [4.69, 9.17) is 5.48 Å². The number of carbonyl (C=O) groups excluding carboxylic acids is 1. The van der Waals surface area contributed by atoms with Crippen molar-refractivity contribution >= 4 is 5.97 Å². The molecule has 0 bridgehead atoms. The second kappa shape index (κ2) is 2.70. The first-order chi connectivity index (χ1) is 5.33. The third-order valence-corrected chi connectivity index (χ3v) is 0.890. The fourth-order valence-electron chi connectivity index (χ4n) is 0.504. The molecular formula is C6H10O2. The molecule has 0 N–H and O–H groups in total. The highest BCUT2D eigenvalue weighted by Crippen LogP contribution is 2.06. The molecule has 1 saturated heterocycles. The summed E-state index contributed by atoms with van der Waals surface area (Å²) in [6.07, 6.45) is -1.60. The van der Waals surface area contributed by atoms with Gasteiger partial charge in [0, 0.05) is 9.11 Å². The summed E-state index contributed by atoms with van der Waals surface area (Å²) < 4.78 is 32.9. The molecule has 0 aliphatic carbocycles. The molecule has 0 unspecified atom stereocenters. The highest BCUT2D eigenvalue weighted by molar-refractivity contribution is 5.69. The van der Waals surface area contributed by atoms with Gasteiger partial charge in [0.25, 0.3) is 0 Å². The minimum absolute atomic E-state index is 0.0331. The van der Waals surface area contributed by atoms with E-state index >= 15 is 0 Å². The second-order valence-corrected chi connectivity index (χ2v) is 1.56. The summed E-state index contributed by atoms with van der Waals surface area (Å²) in [4.78, 5) is 10.9. The first-order valence-electron chi connectivity index (χ1n) is 4.57. The van der Waals surface area contributed by atoms with Gasteiger partial charge in [-0.15, -0.1) is 0 Å². The topological polar surface area (TPSA) is 26.3 Å². The van der Waals surface area contributed by atoms with E-state index in [9.17, 15) is 4.79 Å². The Labute approximate surface area is 54.5 Å². The maximum atomic E-state index is 10.9. The highest BCUT2D eigenvalue weighted by atomic mass is 16.5. The van der Waals surface area contributed by atoms with Crippen molar-refractivity contribution in [1.82, 2.24) is 0 Å². The summed E-state index contributed by atoms with van der Waals surface area (Å²) in [6.45, 7) is -2.00. The average Bonchev–Trinajstić information content (AvgIpc) is 1.90. The van der Waals surface area contributed by atoms with E-state index < -0.39 is 18.9 Å². The Morgan fingerprint density at radius 1 is 1.50 bits per heavy atom. The van der Waals surface area contributed by atoms with Crippen molar-refractivity contribution in [3.63, 3.8) is 0 Å². The first-order valence-corrected chi connectivity index (χ1v) is 2.57. The van der Waals surface area contributed by atoms with Gasteiger partial charge in [0.2, 0.25) is 0 Å². The molecule has 1 aliphatic heterocycles. The second-order valence-electron chi connectivity index (χ2n) is 1.56. The molecule has 0 aromatic heterocycles. The van der Waals surface area contributed by atoms with Gasteiger partial charge in [-0.05, 0) is 19.3 Å². The largest absolute Gasteiger partial charge is 0.466 e. The number of ether oxygens (including phenoxy) is 1. The summed E-state index contributed by atoms with van der Waals surface area (Å²) in [5, 5.41) is 0. The molecule has 2 nitrogen and oxygen atoms in total. The molecule has 0 radical (unpaired) electrons. The van der Waals surface area contributed by atoms with Crippen LogP contribution >= 0.6 is 0 Å². The molecule has 1 fully saturated rings. The van der Waals surface area contributed by atoms with Crippen LogP contribution in [0.1, 0.15) is 31.1 Å². The molecule has 0 aromatic carbocycles. The van der Waals surface area contributed by atoms with Gasteiger partial charge in [0.15, 0.2) is 0 Å². The summed E-state index contributed by atoms with van der Waals surface area (Å²) in [6, 6.07) is 0. The molecule has 0 aromatic rings. The lowest BCUT2D eigenvalue weighted by molar-refractivity contribution is -0.142. The monoisotopic (exact) mass is 118 g/mol. The number of hydrogen-bond donors (Lipinski definition) is 0. The van der Waals surface area contributed by atoms with E-state index in [-0.39, 0.29) is 12.8 Å². The number of rotatable bonds is 0. The maximum absolute atomic E-state index is 10.9. The predicted octanol–water partition coefficient (Wildman–Crippen LogP) is 1.10. The lowest BCUT2D eigenvalue weighted by Gasteiger charge is -1.93. The molecule has 8 heavy (non-hydrogen) atoms. The minimum atomic E-state index is -2.02. The third kappa shape index (κ3) is 1.52. The summed E-state index contributed by atoms with van der Waals surface area (Å²) >= 11 is 0. The lowest BCUT2D eigenvalue weighted by Crippen LogP contribution is -2.00. The number of cyclic esters (lactones) is 1. The SMILES string of the molecule is [2H]C1([2H])CCCC([2H])([2H])C(=O)O1. The summed E-state index contributed by atoms with van der Waals surface area (Å²) in [5.74, 6) is -1.09. The van der Waals surface area contributed by atoms with Crippen molar-refractivity contribution in [3.05, 3.63) is 0 Å². The van der Waals surface area contributed by atoms with Crippen LogP contribution in [0.3, 0.4) is 0 Å². The van der Waals surface area contributed by atoms with Gasteiger partial charge in [-0.2, -0.15) is 0 Å². The van der Waals surface area contributed by atoms with Crippen molar-refractivity contribution in [2.24, 2.45) is 0 Å². The van der Waals surface area contributed by atoms with Crippen molar-refractivity contribution in [1.29, 1.82) is 0 Å². The van der Waals surface area contributed by atoms with Crippen LogP contribution in [-0.4, -0.2) is 12.5 Å².